The molecule has 1 rings (SSSR count). The zero-order valence-electron chi connectivity index (χ0n) is 15.4. The van der Waals surface area contributed by atoms with E-state index < -0.39 is 29.3 Å². The Kier molecular flexibility index (Phi) is 8.23. The topological polar surface area (TPSA) is 110 Å². The number of aliphatic carboxylic acids is 2. The zero-order chi connectivity index (χ0) is 19.1. The molecule has 24 heavy (non-hydrogen) atoms. The Balaban J connectivity index is 0.000000441. The Bertz CT molecular complexity index is 395. The van der Waals surface area contributed by atoms with Gasteiger partial charge in [0, 0.05) is 0 Å². The molecule has 140 valence electrons. The summed E-state index contributed by atoms with van der Waals surface area (Å²) < 4.78 is 9.91. The van der Waals surface area contributed by atoms with Gasteiger partial charge in [-0.2, -0.15) is 0 Å². The Morgan fingerprint density at radius 2 is 0.958 bits per heavy atom. The summed E-state index contributed by atoms with van der Waals surface area (Å²) in [6.07, 6.45) is 1.41. The molecule has 0 spiro atoms. The molecule has 0 aliphatic heterocycles. The number of carbonyl (C=O) groups excluding carboxylic acids is 1. The van der Waals surface area contributed by atoms with E-state index in [0.717, 1.165) is 0 Å². The molecule has 1 fully saturated rings. The second kappa shape index (κ2) is 8.89. The van der Waals surface area contributed by atoms with Crippen molar-refractivity contribution >= 4 is 18.1 Å². The Morgan fingerprint density at radius 1 is 0.708 bits per heavy atom. The van der Waals surface area contributed by atoms with Gasteiger partial charge in [0.05, 0.1) is 11.8 Å². The fourth-order valence-electron chi connectivity index (χ4n) is 2.11. The normalized spacial score (nSPS) is 21.1. The van der Waals surface area contributed by atoms with Crippen molar-refractivity contribution in [2.45, 2.75) is 78.4 Å². The lowest BCUT2D eigenvalue weighted by molar-refractivity contribution is -0.148. The van der Waals surface area contributed by atoms with E-state index in [4.69, 9.17) is 19.7 Å². The monoisotopic (exact) mass is 346 g/mol. The lowest BCUT2D eigenvalue weighted by atomic mass is 9.82. The Hall–Kier alpha value is -1.79. The molecule has 0 aromatic rings. The molecular weight excluding hydrogens is 316 g/mol. The van der Waals surface area contributed by atoms with Crippen molar-refractivity contribution in [3.05, 3.63) is 0 Å². The maximum Gasteiger partial charge on any atom is 0.509 e. The van der Waals surface area contributed by atoms with Crippen molar-refractivity contribution in [3.63, 3.8) is 0 Å². The molecule has 1 aliphatic carbocycles. The first-order valence-corrected chi connectivity index (χ1v) is 8.09. The van der Waals surface area contributed by atoms with E-state index in [2.05, 4.69) is 0 Å². The van der Waals surface area contributed by atoms with E-state index in [1.165, 1.54) is 0 Å². The van der Waals surface area contributed by atoms with Crippen LogP contribution in [0.5, 0.6) is 0 Å². The van der Waals surface area contributed by atoms with E-state index in [0.29, 0.717) is 25.7 Å². The van der Waals surface area contributed by atoms with Crippen molar-refractivity contribution in [1.82, 2.24) is 0 Å². The molecule has 0 bridgehead atoms. The highest BCUT2D eigenvalue weighted by molar-refractivity contribution is 5.72. The predicted octanol–water partition coefficient (Wildman–Crippen LogP) is 3.70. The molecule has 0 aromatic heterocycles. The second-order valence-electron chi connectivity index (χ2n) is 7.90. The van der Waals surface area contributed by atoms with E-state index in [1.54, 1.807) is 41.5 Å². The molecule has 0 radical (unpaired) electrons. The van der Waals surface area contributed by atoms with Gasteiger partial charge in [-0.1, -0.05) is 0 Å². The standard InChI is InChI=1S/C9H18O3.C8H12O4/c1-8(2,3)11-7(10)12-9(4,5)6;9-7(10)5-1-2-6(4-3-5)8(11)12/h1-6H3;5-6H,1-4H2,(H,9,10)(H,11,12). The summed E-state index contributed by atoms with van der Waals surface area (Å²) in [4.78, 5) is 32.0. The van der Waals surface area contributed by atoms with Crippen molar-refractivity contribution in [1.29, 1.82) is 0 Å². The summed E-state index contributed by atoms with van der Waals surface area (Å²) in [5.41, 5.74) is -0.968. The van der Waals surface area contributed by atoms with Crippen molar-refractivity contribution in [2.24, 2.45) is 11.8 Å². The number of ether oxygens (including phenoxy) is 2. The number of rotatable bonds is 2. The summed E-state index contributed by atoms with van der Waals surface area (Å²) in [6, 6.07) is 0. The van der Waals surface area contributed by atoms with E-state index in [-0.39, 0.29) is 11.8 Å². The minimum absolute atomic E-state index is 0.319. The zero-order valence-corrected chi connectivity index (χ0v) is 15.4. The van der Waals surface area contributed by atoms with Crippen LogP contribution in [0.3, 0.4) is 0 Å². The summed E-state index contributed by atoms with van der Waals surface area (Å²) in [6.45, 7) is 10.8. The summed E-state index contributed by atoms with van der Waals surface area (Å²) in [5, 5.41) is 17.2. The average molecular weight is 346 g/mol. The molecule has 0 heterocycles. The van der Waals surface area contributed by atoms with Gasteiger partial charge in [0.2, 0.25) is 0 Å². The van der Waals surface area contributed by atoms with Gasteiger partial charge in [-0.15, -0.1) is 0 Å². The van der Waals surface area contributed by atoms with Crippen LogP contribution in [0.2, 0.25) is 0 Å². The number of carboxylic acid groups (broad SMARTS) is 2. The van der Waals surface area contributed by atoms with Crippen LogP contribution in [-0.4, -0.2) is 39.5 Å². The summed E-state index contributed by atoms with van der Waals surface area (Å²) in [7, 11) is 0. The third kappa shape index (κ3) is 10.9. The Morgan fingerprint density at radius 3 is 1.12 bits per heavy atom. The van der Waals surface area contributed by atoms with Crippen molar-refractivity contribution in [3.8, 4) is 0 Å². The minimum Gasteiger partial charge on any atom is -0.481 e. The maximum absolute atomic E-state index is 11.0. The quantitative estimate of drug-likeness (QED) is 0.733. The number of hydrogen-bond donors (Lipinski definition) is 2. The first kappa shape index (κ1) is 22.2. The summed E-state index contributed by atoms with van der Waals surface area (Å²) >= 11 is 0. The van der Waals surface area contributed by atoms with Crippen LogP contribution in [0.1, 0.15) is 67.2 Å². The molecule has 2 N–H and O–H groups in total. The van der Waals surface area contributed by atoms with Crippen LogP contribution in [0.25, 0.3) is 0 Å². The highest BCUT2D eigenvalue weighted by Gasteiger charge is 2.29. The SMILES string of the molecule is CC(C)(C)OC(=O)OC(C)(C)C.O=C(O)C1CCC(C(=O)O)CC1. The minimum atomic E-state index is -0.793. The van der Waals surface area contributed by atoms with Gasteiger partial charge in [-0.25, -0.2) is 4.79 Å². The predicted molar refractivity (Wildman–Crippen MR) is 87.8 cm³/mol. The lowest BCUT2D eigenvalue weighted by Gasteiger charge is -2.24. The number of carbonyl (C=O) groups is 3. The van der Waals surface area contributed by atoms with Gasteiger partial charge in [0.25, 0.3) is 0 Å². The lowest BCUT2D eigenvalue weighted by Crippen LogP contribution is -2.30. The molecule has 7 nitrogen and oxygen atoms in total. The molecular formula is C17H30O7. The van der Waals surface area contributed by atoms with Crippen LogP contribution in [0, 0.1) is 11.8 Å². The smallest absolute Gasteiger partial charge is 0.481 e. The van der Waals surface area contributed by atoms with Crippen LogP contribution in [-0.2, 0) is 19.1 Å². The van der Waals surface area contributed by atoms with Crippen LogP contribution in [0.15, 0.2) is 0 Å². The van der Waals surface area contributed by atoms with Gasteiger partial charge in [-0.3, -0.25) is 9.59 Å². The van der Waals surface area contributed by atoms with Gasteiger partial charge >= 0.3 is 18.1 Å². The highest BCUT2D eigenvalue weighted by Crippen LogP contribution is 2.28. The average Bonchev–Trinajstić information content (AvgIpc) is 2.34. The fraction of sp³-hybridized carbons (Fsp3) is 0.824. The summed E-state index contributed by atoms with van der Waals surface area (Å²) in [5.74, 6) is -2.22. The number of carboxylic acids is 2. The van der Waals surface area contributed by atoms with Gasteiger partial charge < -0.3 is 19.7 Å². The van der Waals surface area contributed by atoms with Crippen LogP contribution < -0.4 is 0 Å². The molecule has 0 saturated heterocycles. The first-order valence-electron chi connectivity index (χ1n) is 8.09. The molecule has 7 heteroatoms. The van der Waals surface area contributed by atoms with E-state index in [1.807, 2.05) is 0 Å². The van der Waals surface area contributed by atoms with Crippen molar-refractivity contribution < 1.29 is 34.1 Å². The largest absolute Gasteiger partial charge is 0.509 e. The molecule has 0 unspecified atom stereocenters. The molecule has 0 aromatic carbocycles. The Labute approximate surface area is 143 Å². The van der Waals surface area contributed by atoms with Gasteiger partial charge in [0.1, 0.15) is 11.2 Å². The van der Waals surface area contributed by atoms with Gasteiger partial charge in [-0.05, 0) is 67.2 Å². The third-order valence-corrected chi connectivity index (χ3v) is 3.20. The molecule has 0 amide bonds. The van der Waals surface area contributed by atoms with Crippen LogP contribution >= 0.6 is 0 Å². The maximum atomic E-state index is 11.0. The fourth-order valence-corrected chi connectivity index (χ4v) is 2.11. The highest BCUT2D eigenvalue weighted by atomic mass is 16.7. The first-order chi connectivity index (χ1) is 10.7. The molecule has 1 aliphatic rings. The van der Waals surface area contributed by atoms with E-state index in [9.17, 15) is 14.4 Å². The third-order valence-electron chi connectivity index (χ3n) is 3.20. The molecule has 0 atom stereocenters. The molecule has 1 saturated carbocycles. The van der Waals surface area contributed by atoms with Gasteiger partial charge in [0.15, 0.2) is 0 Å². The number of hydrogen-bond acceptors (Lipinski definition) is 5. The van der Waals surface area contributed by atoms with E-state index >= 15 is 0 Å². The van der Waals surface area contributed by atoms with Crippen LogP contribution in [0.4, 0.5) is 4.79 Å². The van der Waals surface area contributed by atoms with Crippen molar-refractivity contribution in [2.75, 3.05) is 0 Å². The second-order valence-corrected chi connectivity index (χ2v) is 7.90.